The van der Waals surface area contributed by atoms with Crippen LogP contribution in [0.25, 0.3) is 0 Å². The number of halogens is 2. The Labute approximate surface area is 118 Å². The van der Waals surface area contributed by atoms with E-state index in [0.717, 1.165) is 33.7 Å². The van der Waals surface area contributed by atoms with Crippen molar-refractivity contribution >= 4 is 35.0 Å². The van der Waals surface area contributed by atoms with Crippen molar-refractivity contribution < 1.29 is 0 Å². The highest BCUT2D eigenvalue weighted by molar-refractivity contribution is 7.99. The van der Waals surface area contributed by atoms with Crippen molar-refractivity contribution in [2.75, 3.05) is 12.3 Å². The lowest BCUT2D eigenvalue weighted by Gasteiger charge is -2.15. The Balaban J connectivity index is 2.55. The normalized spacial score (nSPS) is 12.7. The van der Waals surface area contributed by atoms with Gasteiger partial charge in [-0.15, -0.1) is 11.8 Å². The minimum atomic E-state index is 0.671. The van der Waals surface area contributed by atoms with E-state index in [2.05, 4.69) is 6.92 Å². The summed E-state index contributed by atoms with van der Waals surface area (Å²) in [5.74, 6) is 1.73. The minimum Gasteiger partial charge on any atom is -0.330 e. The Hall–Kier alpha value is 0.110. The molecule has 0 amide bonds. The van der Waals surface area contributed by atoms with Gasteiger partial charge in [-0.25, -0.2) is 0 Å². The Morgan fingerprint density at radius 2 is 2.06 bits per heavy atom. The molecule has 0 spiro atoms. The average molecular weight is 292 g/mol. The number of nitrogens with two attached hydrogens (primary N) is 1. The van der Waals surface area contributed by atoms with E-state index in [0.29, 0.717) is 5.92 Å². The van der Waals surface area contributed by atoms with Crippen LogP contribution in [-0.4, -0.2) is 12.3 Å². The summed E-state index contributed by atoms with van der Waals surface area (Å²) in [5.41, 5.74) is 5.63. The molecule has 1 aromatic rings. The van der Waals surface area contributed by atoms with Gasteiger partial charge in [0.25, 0.3) is 0 Å². The molecular formula is C13H19Cl2NS. The predicted octanol–water partition coefficient (Wildman–Crippen LogP) is 4.85. The van der Waals surface area contributed by atoms with Gasteiger partial charge in [0.2, 0.25) is 0 Å². The van der Waals surface area contributed by atoms with Gasteiger partial charge in [0.15, 0.2) is 0 Å². The molecule has 1 nitrogen and oxygen atoms in total. The van der Waals surface area contributed by atoms with Crippen molar-refractivity contribution in [1.29, 1.82) is 0 Å². The van der Waals surface area contributed by atoms with Crippen LogP contribution in [0.15, 0.2) is 23.1 Å². The summed E-state index contributed by atoms with van der Waals surface area (Å²) < 4.78 is 0. The molecule has 0 aliphatic rings. The molecular weight excluding hydrogens is 273 g/mol. The number of hydrogen-bond acceptors (Lipinski definition) is 2. The standard InChI is InChI=1S/C13H19Cl2NS/c1-2-3-10(6-7-16)9-17-13-8-11(14)4-5-12(13)15/h4-5,8,10H,2-3,6-7,9,16H2,1H3. The van der Waals surface area contributed by atoms with Crippen LogP contribution in [0.3, 0.4) is 0 Å². The third-order valence-corrected chi connectivity index (χ3v) is 4.60. The van der Waals surface area contributed by atoms with Crippen molar-refractivity contribution in [3.63, 3.8) is 0 Å². The summed E-state index contributed by atoms with van der Waals surface area (Å²) in [6.45, 7) is 2.97. The van der Waals surface area contributed by atoms with Crippen LogP contribution in [0.1, 0.15) is 26.2 Å². The zero-order valence-electron chi connectivity index (χ0n) is 10.1. The molecule has 0 heterocycles. The first-order chi connectivity index (χ1) is 8.17. The van der Waals surface area contributed by atoms with E-state index in [1.165, 1.54) is 12.8 Å². The third-order valence-electron chi connectivity index (χ3n) is 2.64. The van der Waals surface area contributed by atoms with Crippen LogP contribution in [0, 0.1) is 5.92 Å². The maximum atomic E-state index is 6.13. The van der Waals surface area contributed by atoms with Crippen molar-refractivity contribution in [2.45, 2.75) is 31.1 Å². The summed E-state index contributed by atoms with van der Waals surface area (Å²) in [6, 6.07) is 5.60. The maximum Gasteiger partial charge on any atom is 0.0542 e. The molecule has 0 fully saturated rings. The van der Waals surface area contributed by atoms with Gasteiger partial charge in [0.1, 0.15) is 0 Å². The molecule has 1 atom stereocenters. The Kier molecular flexibility index (Phi) is 7.36. The fourth-order valence-electron chi connectivity index (χ4n) is 1.75. The smallest absolute Gasteiger partial charge is 0.0542 e. The van der Waals surface area contributed by atoms with Crippen LogP contribution >= 0.6 is 35.0 Å². The van der Waals surface area contributed by atoms with Crippen LogP contribution in [0.4, 0.5) is 0 Å². The van der Waals surface area contributed by atoms with Gasteiger partial charge >= 0.3 is 0 Å². The largest absolute Gasteiger partial charge is 0.330 e. The summed E-state index contributed by atoms with van der Waals surface area (Å²) in [5, 5.41) is 1.52. The zero-order chi connectivity index (χ0) is 12.7. The van der Waals surface area contributed by atoms with Crippen LogP contribution in [0.5, 0.6) is 0 Å². The second-order valence-corrected chi connectivity index (χ2v) is 6.02. The molecule has 0 radical (unpaired) electrons. The first-order valence-corrected chi connectivity index (χ1v) is 7.69. The zero-order valence-corrected chi connectivity index (χ0v) is 12.4. The highest BCUT2D eigenvalue weighted by atomic mass is 35.5. The van der Waals surface area contributed by atoms with Gasteiger partial charge in [-0.1, -0.05) is 36.5 Å². The third kappa shape index (κ3) is 5.52. The molecule has 0 saturated carbocycles. The first-order valence-electron chi connectivity index (χ1n) is 5.95. The molecule has 0 bridgehead atoms. The predicted molar refractivity (Wildman–Crippen MR) is 79.3 cm³/mol. The minimum absolute atomic E-state index is 0.671. The maximum absolute atomic E-state index is 6.13. The number of rotatable bonds is 7. The second kappa shape index (κ2) is 8.25. The van der Waals surface area contributed by atoms with E-state index in [1.807, 2.05) is 18.2 Å². The van der Waals surface area contributed by atoms with Crippen molar-refractivity contribution in [3.8, 4) is 0 Å². The molecule has 1 aromatic carbocycles. The number of benzene rings is 1. The summed E-state index contributed by atoms with van der Waals surface area (Å²) >= 11 is 13.9. The molecule has 0 aromatic heterocycles. The monoisotopic (exact) mass is 291 g/mol. The van der Waals surface area contributed by atoms with Crippen LogP contribution in [-0.2, 0) is 0 Å². The molecule has 4 heteroatoms. The summed E-state index contributed by atoms with van der Waals surface area (Å²) in [6.07, 6.45) is 3.51. The van der Waals surface area contributed by atoms with E-state index in [4.69, 9.17) is 28.9 Å². The molecule has 0 saturated heterocycles. The lowest BCUT2D eigenvalue weighted by Crippen LogP contribution is -2.10. The fourth-order valence-corrected chi connectivity index (χ4v) is 3.43. The van der Waals surface area contributed by atoms with Gasteiger partial charge in [-0.3, -0.25) is 0 Å². The molecule has 2 N–H and O–H groups in total. The lowest BCUT2D eigenvalue weighted by molar-refractivity contribution is 0.501. The van der Waals surface area contributed by atoms with Crippen molar-refractivity contribution in [2.24, 2.45) is 11.7 Å². The highest BCUT2D eigenvalue weighted by Crippen LogP contribution is 2.32. The van der Waals surface area contributed by atoms with Crippen molar-refractivity contribution in [1.82, 2.24) is 0 Å². The van der Waals surface area contributed by atoms with Gasteiger partial charge in [0.05, 0.1) is 5.02 Å². The molecule has 96 valence electrons. The van der Waals surface area contributed by atoms with E-state index >= 15 is 0 Å². The van der Waals surface area contributed by atoms with Crippen molar-refractivity contribution in [3.05, 3.63) is 28.2 Å². The molecule has 1 unspecified atom stereocenters. The van der Waals surface area contributed by atoms with Crippen LogP contribution in [0.2, 0.25) is 10.0 Å². The number of hydrogen-bond donors (Lipinski definition) is 1. The van der Waals surface area contributed by atoms with E-state index in [1.54, 1.807) is 11.8 Å². The fraction of sp³-hybridized carbons (Fsp3) is 0.538. The van der Waals surface area contributed by atoms with E-state index < -0.39 is 0 Å². The lowest BCUT2D eigenvalue weighted by atomic mass is 10.0. The first kappa shape index (κ1) is 15.2. The van der Waals surface area contributed by atoms with E-state index in [9.17, 15) is 0 Å². The van der Waals surface area contributed by atoms with Crippen LogP contribution < -0.4 is 5.73 Å². The molecule has 17 heavy (non-hydrogen) atoms. The topological polar surface area (TPSA) is 26.0 Å². The van der Waals surface area contributed by atoms with Gasteiger partial charge in [-0.2, -0.15) is 0 Å². The average Bonchev–Trinajstić information content (AvgIpc) is 2.30. The molecule has 1 rings (SSSR count). The Morgan fingerprint density at radius 1 is 1.29 bits per heavy atom. The van der Waals surface area contributed by atoms with Gasteiger partial charge in [0, 0.05) is 15.7 Å². The highest BCUT2D eigenvalue weighted by Gasteiger charge is 2.09. The second-order valence-electron chi connectivity index (χ2n) is 4.12. The molecule has 0 aliphatic heterocycles. The van der Waals surface area contributed by atoms with E-state index in [-0.39, 0.29) is 0 Å². The summed E-state index contributed by atoms with van der Waals surface area (Å²) in [4.78, 5) is 1.07. The Bertz CT molecular complexity index is 338. The number of thioether (sulfide) groups is 1. The Morgan fingerprint density at radius 3 is 2.71 bits per heavy atom. The summed E-state index contributed by atoms with van der Waals surface area (Å²) in [7, 11) is 0. The van der Waals surface area contributed by atoms with Gasteiger partial charge < -0.3 is 5.73 Å². The molecule has 0 aliphatic carbocycles. The van der Waals surface area contributed by atoms with Gasteiger partial charge in [-0.05, 0) is 43.5 Å². The SMILES string of the molecule is CCCC(CCN)CSc1cc(Cl)ccc1Cl. The quantitative estimate of drug-likeness (QED) is 0.727.